The third-order valence-electron chi connectivity index (χ3n) is 5.15. The fraction of sp³-hybridized carbons (Fsp3) is 0.857. The summed E-state index contributed by atoms with van der Waals surface area (Å²) in [6.45, 7) is 8.81. The molecule has 2 bridgehead atoms. The number of hydrazine groups is 1. The van der Waals surface area contributed by atoms with Crippen molar-refractivity contribution in [1.82, 2.24) is 5.43 Å². The second-order valence-electron chi connectivity index (χ2n) is 7.03. The van der Waals surface area contributed by atoms with Gasteiger partial charge in [0.1, 0.15) is 5.92 Å². The van der Waals surface area contributed by atoms with E-state index >= 15 is 0 Å². The molecule has 3 fully saturated rings. The number of hydrogen-bond donors (Lipinski definition) is 1. The van der Waals surface area contributed by atoms with E-state index in [-0.39, 0.29) is 17.2 Å². The number of hydrogen-bond acceptors (Lipinski definition) is 1. The third kappa shape index (κ3) is 1.47. The van der Waals surface area contributed by atoms with Gasteiger partial charge in [0.2, 0.25) is 0 Å². The van der Waals surface area contributed by atoms with Crippen molar-refractivity contribution in [3.63, 3.8) is 0 Å². The van der Waals surface area contributed by atoms with Gasteiger partial charge in [0.15, 0.2) is 11.8 Å². The molecule has 4 atom stereocenters. The van der Waals surface area contributed by atoms with Gasteiger partial charge in [-0.15, -0.1) is 10.1 Å². The van der Waals surface area contributed by atoms with E-state index in [1.54, 1.807) is 0 Å². The smallest absolute Gasteiger partial charge is 0.269 e. The van der Waals surface area contributed by atoms with Crippen LogP contribution < -0.4 is 5.43 Å². The molecule has 1 aliphatic heterocycles. The minimum atomic E-state index is 0.129. The van der Waals surface area contributed by atoms with Crippen LogP contribution in [0.2, 0.25) is 0 Å². The Balaban J connectivity index is 2.02. The number of fused-ring (bicyclic) bond motifs is 5. The first-order chi connectivity index (χ1) is 7.89. The van der Waals surface area contributed by atoms with Crippen molar-refractivity contribution < 1.29 is 9.48 Å². The maximum atomic E-state index is 12.1. The summed E-state index contributed by atoms with van der Waals surface area (Å²) in [6, 6.07) is 0.445. The Labute approximate surface area is 103 Å². The van der Waals surface area contributed by atoms with Gasteiger partial charge in [0.25, 0.3) is 5.91 Å². The van der Waals surface area contributed by atoms with Crippen LogP contribution in [0.5, 0.6) is 0 Å². The summed E-state index contributed by atoms with van der Waals surface area (Å²) in [5.41, 5.74) is 4.55. The molecule has 0 aromatic heterocycles. The van der Waals surface area contributed by atoms with Gasteiger partial charge in [0.05, 0.1) is 0 Å². The molecule has 3 rings (SSSR count). The lowest BCUT2D eigenvalue weighted by Crippen LogP contribution is -2.41. The molecule has 1 heterocycles. The Morgan fingerprint density at radius 1 is 1.29 bits per heavy atom. The number of hydrazone groups is 1. The van der Waals surface area contributed by atoms with E-state index < -0.39 is 0 Å². The first-order valence-corrected chi connectivity index (χ1v) is 6.83. The van der Waals surface area contributed by atoms with Gasteiger partial charge in [-0.25, -0.2) is 0 Å². The Morgan fingerprint density at radius 2 is 1.94 bits per heavy atom. The summed E-state index contributed by atoms with van der Waals surface area (Å²) in [6.07, 6.45) is 3.85. The molecule has 0 aromatic rings. The first kappa shape index (κ1) is 11.2. The average molecular weight is 235 g/mol. The van der Waals surface area contributed by atoms with Crippen molar-refractivity contribution in [3.8, 4) is 0 Å². The summed E-state index contributed by atoms with van der Waals surface area (Å²) in [5, 5.41) is 0. The SMILES string of the molecule is C/C(=[N+]1/NC(=O)C2C1[C@H]1CC[C@H]2C1)C(C)(C)C. The molecule has 3 heteroatoms. The number of nitrogens with one attached hydrogen (secondary N) is 1. The highest BCUT2D eigenvalue weighted by atomic mass is 16.2. The fourth-order valence-electron chi connectivity index (χ4n) is 3.94. The Bertz CT molecular complexity index is 405. The highest BCUT2D eigenvalue weighted by Gasteiger charge is 2.62. The van der Waals surface area contributed by atoms with Gasteiger partial charge in [-0.1, -0.05) is 20.8 Å². The summed E-state index contributed by atoms with van der Waals surface area (Å²) in [5.74, 6) is 1.93. The molecule has 2 saturated carbocycles. The monoisotopic (exact) mass is 235 g/mol. The van der Waals surface area contributed by atoms with Crippen LogP contribution in [0.3, 0.4) is 0 Å². The minimum Gasteiger partial charge on any atom is -0.269 e. The van der Waals surface area contributed by atoms with Crippen LogP contribution in [-0.2, 0) is 4.79 Å². The Morgan fingerprint density at radius 3 is 2.59 bits per heavy atom. The molecule has 3 nitrogen and oxygen atoms in total. The van der Waals surface area contributed by atoms with Crippen LogP contribution in [0.4, 0.5) is 0 Å². The van der Waals surface area contributed by atoms with Gasteiger partial charge in [-0.3, -0.25) is 4.79 Å². The second-order valence-corrected chi connectivity index (χ2v) is 7.03. The first-order valence-electron chi connectivity index (χ1n) is 6.83. The highest BCUT2D eigenvalue weighted by molar-refractivity contribution is 5.86. The summed E-state index contributed by atoms with van der Waals surface area (Å²) >= 11 is 0. The molecule has 0 spiro atoms. The van der Waals surface area contributed by atoms with E-state index in [0.717, 1.165) is 5.92 Å². The molecule has 1 amide bonds. The molecule has 0 radical (unpaired) electrons. The van der Waals surface area contributed by atoms with Crippen LogP contribution in [-0.4, -0.2) is 22.3 Å². The maximum absolute atomic E-state index is 12.1. The van der Waals surface area contributed by atoms with Crippen LogP contribution in [0.1, 0.15) is 47.0 Å². The zero-order valence-corrected chi connectivity index (χ0v) is 11.3. The van der Waals surface area contributed by atoms with Crippen LogP contribution in [0.25, 0.3) is 0 Å². The molecule has 2 aliphatic carbocycles. The quantitative estimate of drug-likeness (QED) is 0.640. The molecule has 1 saturated heterocycles. The molecule has 0 aromatic carbocycles. The third-order valence-corrected chi connectivity index (χ3v) is 5.15. The van der Waals surface area contributed by atoms with Crippen molar-refractivity contribution >= 4 is 11.6 Å². The van der Waals surface area contributed by atoms with Crippen molar-refractivity contribution in [3.05, 3.63) is 0 Å². The molecule has 94 valence electrons. The van der Waals surface area contributed by atoms with Crippen molar-refractivity contribution in [2.45, 2.75) is 53.0 Å². The van der Waals surface area contributed by atoms with Gasteiger partial charge >= 0.3 is 0 Å². The molecule has 2 unspecified atom stereocenters. The standard InChI is InChI=1S/C14H22N2O/c1-8(14(2,3)4)16-12-10-6-5-9(7-10)11(12)13(17)15-16/h9-12H,5-7H2,1-4H3/p+1/b16-8-/t9-,10-,11?,12?/m0/s1. The zero-order chi connectivity index (χ0) is 12.4. The van der Waals surface area contributed by atoms with Crippen LogP contribution >= 0.6 is 0 Å². The van der Waals surface area contributed by atoms with Gasteiger partial charge in [0, 0.05) is 18.3 Å². The average Bonchev–Trinajstić information content (AvgIpc) is 2.87. The van der Waals surface area contributed by atoms with E-state index in [1.165, 1.54) is 25.0 Å². The van der Waals surface area contributed by atoms with Crippen LogP contribution in [0.15, 0.2) is 0 Å². The van der Waals surface area contributed by atoms with Crippen LogP contribution in [0, 0.1) is 23.2 Å². The van der Waals surface area contributed by atoms with Gasteiger partial charge < -0.3 is 0 Å². The van der Waals surface area contributed by atoms with E-state index in [1.807, 2.05) is 0 Å². The number of rotatable bonds is 0. The van der Waals surface area contributed by atoms with E-state index in [9.17, 15) is 4.79 Å². The molecular weight excluding hydrogens is 212 g/mol. The van der Waals surface area contributed by atoms with Crippen molar-refractivity contribution in [2.24, 2.45) is 23.2 Å². The largest absolute Gasteiger partial charge is 0.284 e. The normalized spacial score (nSPS) is 42.7. The zero-order valence-electron chi connectivity index (χ0n) is 11.3. The summed E-state index contributed by atoms with van der Waals surface area (Å²) in [4.78, 5) is 12.1. The van der Waals surface area contributed by atoms with E-state index in [2.05, 4.69) is 37.8 Å². The Kier molecular flexibility index (Phi) is 2.20. The second kappa shape index (κ2) is 3.33. The van der Waals surface area contributed by atoms with Gasteiger partial charge in [-0.2, -0.15) is 0 Å². The lowest BCUT2D eigenvalue weighted by atomic mass is 9.84. The van der Waals surface area contributed by atoms with E-state index in [4.69, 9.17) is 0 Å². The number of nitrogens with zero attached hydrogens (tertiary/aromatic N) is 1. The number of carbonyl (C=O) groups excluding carboxylic acids is 1. The molecular formula is C14H23N2O+. The highest BCUT2D eigenvalue weighted by Crippen LogP contribution is 2.51. The lowest BCUT2D eigenvalue weighted by molar-refractivity contribution is -0.606. The van der Waals surface area contributed by atoms with Gasteiger partial charge in [-0.05, 0) is 25.2 Å². The maximum Gasteiger partial charge on any atom is 0.284 e. The predicted octanol–water partition coefficient (Wildman–Crippen LogP) is 1.97. The van der Waals surface area contributed by atoms with Crippen molar-refractivity contribution in [1.29, 1.82) is 0 Å². The molecule has 17 heavy (non-hydrogen) atoms. The Hall–Kier alpha value is -0.860. The molecule has 1 N–H and O–H groups in total. The topological polar surface area (TPSA) is 32.1 Å². The van der Waals surface area contributed by atoms with Crippen molar-refractivity contribution in [2.75, 3.05) is 0 Å². The lowest BCUT2D eigenvalue weighted by Gasteiger charge is -2.21. The van der Waals surface area contributed by atoms with E-state index in [0.29, 0.717) is 12.0 Å². The number of carbonyl (C=O) groups is 1. The molecule has 3 aliphatic rings. The predicted molar refractivity (Wildman–Crippen MR) is 66.6 cm³/mol. The fourth-order valence-corrected chi connectivity index (χ4v) is 3.94. The minimum absolute atomic E-state index is 0.129. The summed E-state index contributed by atoms with van der Waals surface area (Å²) < 4.78 is 2.21. The number of amides is 1. The summed E-state index contributed by atoms with van der Waals surface area (Å²) in [7, 11) is 0.